The first-order valence-electron chi connectivity index (χ1n) is 7.15. The van der Waals surface area contributed by atoms with Crippen LogP contribution in [0.4, 0.5) is 0 Å². The summed E-state index contributed by atoms with van der Waals surface area (Å²) in [4.78, 5) is 1.41. The van der Waals surface area contributed by atoms with E-state index in [2.05, 4.69) is 72.3 Å². The second kappa shape index (κ2) is 7.39. The number of rotatable bonds is 6. The van der Waals surface area contributed by atoms with Crippen LogP contribution in [0.1, 0.15) is 41.0 Å². The highest BCUT2D eigenvalue weighted by Gasteiger charge is 2.16. The SMILES string of the molecule is CCCNC(Cc1c(C)cccc1C)c1ccc(Br)s1. The molecule has 1 atom stereocenters. The van der Waals surface area contributed by atoms with Crippen molar-refractivity contribution < 1.29 is 0 Å². The minimum atomic E-state index is 0.408. The summed E-state index contributed by atoms with van der Waals surface area (Å²) in [6, 6.07) is 11.4. The minimum Gasteiger partial charge on any atom is -0.309 e. The van der Waals surface area contributed by atoms with Gasteiger partial charge in [0.25, 0.3) is 0 Å². The van der Waals surface area contributed by atoms with Gasteiger partial charge in [-0.15, -0.1) is 11.3 Å². The zero-order valence-corrected chi connectivity index (χ0v) is 14.8. The summed E-state index contributed by atoms with van der Waals surface area (Å²) in [5.41, 5.74) is 4.26. The number of nitrogens with one attached hydrogen (secondary N) is 1. The Hall–Kier alpha value is -0.640. The fourth-order valence-corrected chi connectivity index (χ4v) is 3.98. The molecule has 1 unspecified atom stereocenters. The predicted molar refractivity (Wildman–Crippen MR) is 92.7 cm³/mol. The maximum atomic E-state index is 3.69. The van der Waals surface area contributed by atoms with Crippen LogP contribution >= 0.6 is 27.3 Å². The molecule has 0 saturated heterocycles. The van der Waals surface area contributed by atoms with Gasteiger partial charge >= 0.3 is 0 Å². The molecule has 0 saturated carbocycles. The summed E-state index contributed by atoms with van der Waals surface area (Å²) in [7, 11) is 0. The molecule has 0 fully saturated rings. The third-order valence-corrected chi connectivity index (χ3v) is 5.37. The second-order valence-electron chi connectivity index (χ2n) is 5.22. The number of aryl methyl sites for hydroxylation is 2. The van der Waals surface area contributed by atoms with Gasteiger partial charge in [0.05, 0.1) is 3.79 Å². The van der Waals surface area contributed by atoms with Gasteiger partial charge in [0, 0.05) is 10.9 Å². The van der Waals surface area contributed by atoms with Crippen LogP contribution in [0.25, 0.3) is 0 Å². The third-order valence-electron chi connectivity index (χ3n) is 3.63. The van der Waals surface area contributed by atoms with Crippen LogP contribution in [0.3, 0.4) is 0 Å². The molecule has 3 heteroatoms. The van der Waals surface area contributed by atoms with Crippen LogP contribution in [-0.2, 0) is 6.42 Å². The fourth-order valence-electron chi connectivity index (χ4n) is 2.48. The van der Waals surface area contributed by atoms with Gasteiger partial charge in [-0.2, -0.15) is 0 Å². The van der Waals surface area contributed by atoms with Crippen molar-refractivity contribution in [2.24, 2.45) is 0 Å². The van der Waals surface area contributed by atoms with Crippen LogP contribution < -0.4 is 5.32 Å². The van der Waals surface area contributed by atoms with Crippen molar-refractivity contribution in [1.82, 2.24) is 5.32 Å². The van der Waals surface area contributed by atoms with E-state index in [1.165, 1.54) is 25.4 Å². The van der Waals surface area contributed by atoms with Gasteiger partial charge in [0.2, 0.25) is 0 Å². The second-order valence-corrected chi connectivity index (χ2v) is 7.72. The normalized spacial score (nSPS) is 12.6. The molecule has 20 heavy (non-hydrogen) atoms. The highest BCUT2D eigenvalue weighted by atomic mass is 79.9. The number of benzene rings is 1. The van der Waals surface area contributed by atoms with E-state index < -0.39 is 0 Å². The molecule has 1 aromatic heterocycles. The summed E-state index contributed by atoms with van der Waals surface area (Å²) in [5, 5.41) is 3.69. The molecule has 0 amide bonds. The Balaban J connectivity index is 2.23. The van der Waals surface area contributed by atoms with Crippen LogP contribution in [0.15, 0.2) is 34.1 Å². The van der Waals surface area contributed by atoms with Crippen molar-refractivity contribution in [1.29, 1.82) is 0 Å². The monoisotopic (exact) mass is 351 g/mol. The van der Waals surface area contributed by atoms with Crippen molar-refractivity contribution in [2.45, 2.75) is 39.7 Å². The zero-order chi connectivity index (χ0) is 14.5. The Morgan fingerprint density at radius 2 is 1.85 bits per heavy atom. The Kier molecular flexibility index (Phi) is 5.82. The van der Waals surface area contributed by atoms with Gasteiger partial charge in [-0.05, 0) is 78.0 Å². The molecule has 0 aliphatic carbocycles. The van der Waals surface area contributed by atoms with Crippen molar-refractivity contribution in [2.75, 3.05) is 6.54 Å². The van der Waals surface area contributed by atoms with E-state index in [0.29, 0.717) is 6.04 Å². The van der Waals surface area contributed by atoms with Crippen LogP contribution in [-0.4, -0.2) is 6.54 Å². The average molecular weight is 352 g/mol. The molecule has 1 nitrogen and oxygen atoms in total. The van der Waals surface area contributed by atoms with E-state index in [1.807, 2.05) is 11.3 Å². The standard InChI is InChI=1S/C17H22BrNS/c1-4-10-19-15(16-8-9-17(18)20-16)11-14-12(2)6-5-7-13(14)3/h5-9,15,19H,4,10-11H2,1-3H3. The molecule has 0 radical (unpaired) electrons. The summed E-state index contributed by atoms with van der Waals surface area (Å²) < 4.78 is 1.21. The first-order valence-corrected chi connectivity index (χ1v) is 8.76. The van der Waals surface area contributed by atoms with E-state index in [1.54, 1.807) is 0 Å². The molecule has 0 spiro atoms. The Morgan fingerprint density at radius 3 is 2.40 bits per heavy atom. The van der Waals surface area contributed by atoms with Crippen LogP contribution in [0.2, 0.25) is 0 Å². The van der Waals surface area contributed by atoms with Gasteiger partial charge in [-0.3, -0.25) is 0 Å². The quantitative estimate of drug-likeness (QED) is 0.733. The maximum absolute atomic E-state index is 3.69. The van der Waals surface area contributed by atoms with Crippen molar-refractivity contribution in [3.8, 4) is 0 Å². The summed E-state index contributed by atoms with van der Waals surface area (Å²) in [5.74, 6) is 0. The van der Waals surface area contributed by atoms with E-state index in [-0.39, 0.29) is 0 Å². The van der Waals surface area contributed by atoms with E-state index >= 15 is 0 Å². The lowest BCUT2D eigenvalue weighted by Gasteiger charge is -2.20. The lowest BCUT2D eigenvalue weighted by molar-refractivity contribution is 0.535. The fraction of sp³-hybridized carbons (Fsp3) is 0.412. The molecule has 2 rings (SSSR count). The number of halogens is 1. The minimum absolute atomic E-state index is 0.408. The maximum Gasteiger partial charge on any atom is 0.0701 e. The summed E-state index contributed by atoms with van der Waals surface area (Å²) >= 11 is 5.41. The van der Waals surface area contributed by atoms with E-state index in [0.717, 1.165) is 19.4 Å². The molecular weight excluding hydrogens is 330 g/mol. The topological polar surface area (TPSA) is 12.0 Å². The van der Waals surface area contributed by atoms with Gasteiger partial charge in [-0.1, -0.05) is 25.1 Å². The van der Waals surface area contributed by atoms with Crippen LogP contribution in [0.5, 0.6) is 0 Å². The molecule has 0 aliphatic heterocycles. The molecule has 1 heterocycles. The van der Waals surface area contributed by atoms with Gasteiger partial charge in [0.15, 0.2) is 0 Å². The highest BCUT2D eigenvalue weighted by molar-refractivity contribution is 9.11. The largest absolute Gasteiger partial charge is 0.309 e. The molecule has 2 aromatic rings. The molecule has 108 valence electrons. The first kappa shape index (κ1) is 15.7. The highest BCUT2D eigenvalue weighted by Crippen LogP contribution is 2.30. The first-order chi connectivity index (χ1) is 9.61. The van der Waals surface area contributed by atoms with Crippen molar-refractivity contribution in [3.05, 3.63) is 55.7 Å². The van der Waals surface area contributed by atoms with Gasteiger partial charge in [0.1, 0.15) is 0 Å². The summed E-state index contributed by atoms with van der Waals surface area (Å²) in [6.07, 6.45) is 2.22. The molecule has 1 N–H and O–H groups in total. The van der Waals surface area contributed by atoms with Gasteiger partial charge in [-0.25, -0.2) is 0 Å². The Labute approximate surface area is 134 Å². The molecule has 1 aromatic carbocycles. The van der Waals surface area contributed by atoms with E-state index in [9.17, 15) is 0 Å². The summed E-state index contributed by atoms with van der Waals surface area (Å²) in [6.45, 7) is 7.70. The molecule has 0 bridgehead atoms. The Morgan fingerprint density at radius 1 is 1.15 bits per heavy atom. The predicted octanol–water partition coefficient (Wildman–Crippen LogP) is 5.41. The number of thiophene rings is 1. The number of hydrogen-bond acceptors (Lipinski definition) is 2. The van der Waals surface area contributed by atoms with Crippen molar-refractivity contribution in [3.63, 3.8) is 0 Å². The average Bonchev–Trinajstić information content (AvgIpc) is 2.84. The smallest absolute Gasteiger partial charge is 0.0701 e. The molecular formula is C17H22BrNS. The van der Waals surface area contributed by atoms with Crippen LogP contribution in [0, 0.1) is 13.8 Å². The van der Waals surface area contributed by atoms with Gasteiger partial charge < -0.3 is 5.32 Å². The van der Waals surface area contributed by atoms with Crippen molar-refractivity contribution >= 4 is 27.3 Å². The molecule has 0 aliphatic rings. The number of hydrogen-bond donors (Lipinski definition) is 1. The van der Waals surface area contributed by atoms with E-state index in [4.69, 9.17) is 0 Å². The third kappa shape index (κ3) is 3.94. The Bertz CT molecular complexity index is 542. The lowest BCUT2D eigenvalue weighted by Crippen LogP contribution is -2.23. The zero-order valence-electron chi connectivity index (χ0n) is 12.4. The lowest BCUT2D eigenvalue weighted by atomic mass is 9.95.